The molecule has 0 bridgehead atoms. The minimum atomic E-state index is -0.582. The zero-order chi connectivity index (χ0) is 9.07. The average Bonchev–Trinajstić information content (AvgIpc) is 1.80. The van der Waals surface area contributed by atoms with Crippen molar-refractivity contribution >= 4 is 5.97 Å². The lowest BCUT2D eigenvalue weighted by Crippen LogP contribution is -2.26. The summed E-state index contributed by atoms with van der Waals surface area (Å²) in [5, 5.41) is 8.79. The summed E-state index contributed by atoms with van der Waals surface area (Å²) in [5.74, 6) is -0.279. The SMILES string of the molecule is C[C@@H](O)COC(=O)C(C)(C)C. The number of aliphatic hydroxyl groups is 1. The normalized spacial score (nSPS) is 14.3. The lowest BCUT2D eigenvalue weighted by Gasteiger charge is -2.17. The van der Waals surface area contributed by atoms with Crippen molar-refractivity contribution in [2.75, 3.05) is 6.61 Å². The molecule has 0 unspecified atom stereocenters. The van der Waals surface area contributed by atoms with E-state index in [1.165, 1.54) is 0 Å². The monoisotopic (exact) mass is 160 g/mol. The molecule has 0 fully saturated rings. The summed E-state index contributed by atoms with van der Waals surface area (Å²) < 4.78 is 4.78. The number of esters is 1. The number of carbonyl (C=O) groups is 1. The highest BCUT2D eigenvalue weighted by molar-refractivity contribution is 5.75. The Labute approximate surface area is 67.4 Å². The first-order chi connectivity index (χ1) is 4.84. The van der Waals surface area contributed by atoms with Gasteiger partial charge in [-0.1, -0.05) is 0 Å². The van der Waals surface area contributed by atoms with Crippen LogP contribution in [0.2, 0.25) is 0 Å². The first kappa shape index (κ1) is 10.4. The molecule has 0 heterocycles. The van der Waals surface area contributed by atoms with Crippen LogP contribution in [-0.4, -0.2) is 23.8 Å². The first-order valence-electron chi connectivity index (χ1n) is 3.69. The van der Waals surface area contributed by atoms with Crippen molar-refractivity contribution in [1.29, 1.82) is 0 Å². The molecule has 0 aliphatic heterocycles. The fourth-order valence-corrected chi connectivity index (χ4v) is 0.413. The third-order valence-corrected chi connectivity index (χ3v) is 1.07. The van der Waals surface area contributed by atoms with Gasteiger partial charge in [-0.2, -0.15) is 0 Å². The number of rotatable bonds is 2. The maximum Gasteiger partial charge on any atom is 0.311 e. The fraction of sp³-hybridized carbons (Fsp3) is 0.875. The molecule has 66 valence electrons. The minimum absolute atomic E-state index is 0.0795. The molecule has 1 atom stereocenters. The number of carbonyl (C=O) groups excluding carboxylic acids is 1. The molecule has 0 spiro atoms. The van der Waals surface area contributed by atoms with Crippen molar-refractivity contribution in [3.05, 3.63) is 0 Å². The van der Waals surface area contributed by atoms with E-state index in [0.29, 0.717) is 0 Å². The number of ether oxygens (including phenoxy) is 1. The van der Waals surface area contributed by atoms with Gasteiger partial charge in [0.15, 0.2) is 0 Å². The molecule has 0 radical (unpaired) electrons. The van der Waals surface area contributed by atoms with E-state index in [-0.39, 0.29) is 12.6 Å². The van der Waals surface area contributed by atoms with Crippen molar-refractivity contribution < 1.29 is 14.6 Å². The summed E-state index contributed by atoms with van der Waals surface area (Å²) >= 11 is 0. The second-order valence-corrected chi connectivity index (χ2v) is 3.70. The molecular formula is C8H16O3. The van der Waals surface area contributed by atoms with Gasteiger partial charge in [0, 0.05) is 0 Å². The third-order valence-electron chi connectivity index (χ3n) is 1.07. The number of hydrogen-bond donors (Lipinski definition) is 1. The van der Waals surface area contributed by atoms with Crippen molar-refractivity contribution in [2.24, 2.45) is 5.41 Å². The Kier molecular flexibility index (Phi) is 3.52. The molecule has 3 nitrogen and oxygen atoms in total. The van der Waals surface area contributed by atoms with E-state index in [1.807, 2.05) is 0 Å². The maximum absolute atomic E-state index is 11.0. The average molecular weight is 160 g/mol. The van der Waals surface area contributed by atoms with E-state index < -0.39 is 11.5 Å². The summed E-state index contributed by atoms with van der Waals surface area (Å²) in [4.78, 5) is 11.0. The van der Waals surface area contributed by atoms with Crippen molar-refractivity contribution in [3.63, 3.8) is 0 Å². The van der Waals surface area contributed by atoms with Crippen LogP contribution in [0.15, 0.2) is 0 Å². The zero-order valence-corrected chi connectivity index (χ0v) is 7.55. The van der Waals surface area contributed by atoms with Crippen molar-refractivity contribution in [3.8, 4) is 0 Å². The summed E-state index contributed by atoms with van der Waals surface area (Å²) in [7, 11) is 0. The topological polar surface area (TPSA) is 46.5 Å². The van der Waals surface area contributed by atoms with Gasteiger partial charge >= 0.3 is 5.97 Å². The molecule has 0 aliphatic carbocycles. The quantitative estimate of drug-likeness (QED) is 0.612. The Morgan fingerprint density at radius 2 is 2.00 bits per heavy atom. The highest BCUT2D eigenvalue weighted by Gasteiger charge is 2.23. The lowest BCUT2D eigenvalue weighted by atomic mass is 9.97. The Balaban J connectivity index is 3.71. The van der Waals surface area contributed by atoms with E-state index in [0.717, 1.165) is 0 Å². The second kappa shape index (κ2) is 3.72. The molecular weight excluding hydrogens is 144 g/mol. The van der Waals surface area contributed by atoms with Crippen LogP contribution in [0.4, 0.5) is 0 Å². The van der Waals surface area contributed by atoms with E-state index >= 15 is 0 Å². The Morgan fingerprint density at radius 3 is 2.27 bits per heavy atom. The third kappa shape index (κ3) is 4.79. The Morgan fingerprint density at radius 1 is 1.55 bits per heavy atom. The molecule has 3 heteroatoms. The molecule has 0 aliphatic rings. The Bertz CT molecular complexity index is 133. The predicted octanol–water partition coefficient (Wildman–Crippen LogP) is 0.957. The molecule has 0 amide bonds. The molecule has 0 saturated heterocycles. The van der Waals surface area contributed by atoms with Crippen LogP contribution in [-0.2, 0) is 9.53 Å². The molecule has 0 rings (SSSR count). The van der Waals surface area contributed by atoms with Crippen LogP contribution in [0.3, 0.4) is 0 Å². The number of aliphatic hydroxyl groups excluding tert-OH is 1. The van der Waals surface area contributed by atoms with E-state index in [4.69, 9.17) is 9.84 Å². The highest BCUT2D eigenvalue weighted by atomic mass is 16.5. The van der Waals surface area contributed by atoms with E-state index in [1.54, 1.807) is 27.7 Å². The van der Waals surface area contributed by atoms with Crippen LogP contribution in [0, 0.1) is 5.41 Å². The zero-order valence-electron chi connectivity index (χ0n) is 7.55. The fourth-order valence-electron chi connectivity index (χ4n) is 0.413. The highest BCUT2D eigenvalue weighted by Crippen LogP contribution is 2.14. The standard InChI is InChI=1S/C8H16O3/c1-6(9)5-11-7(10)8(2,3)4/h6,9H,5H2,1-4H3/t6-/m1/s1. The van der Waals surface area contributed by atoms with Crippen LogP contribution < -0.4 is 0 Å². The van der Waals surface area contributed by atoms with E-state index in [2.05, 4.69) is 0 Å². The molecule has 0 aromatic rings. The molecule has 0 aromatic carbocycles. The number of hydrogen-bond acceptors (Lipinski definition) is 3. The van der Waals surface area contributed by atoms with Crippen molar-refractivity contribution in [1.82, 2.24) is 0 Å². The van der Waals surface area contributed by atoms with Crippen LogP contribution in [0.5, 0.6) is 0 Å². The lowest BCUT2D eigenvalue weighted by molar-refractivity contribution is -0.155. The van der Waals surface area contributed by atoms with Gasteiger partial charge in [0.05, 0.1) is 11.5 Å². The molecule has 11 heavy (non-hydrogen) atoms. The first-order valence-corrected chi connectivity index (χ1v) is 3.69. The van der Waals surface area contributed by atoms with Crippen molar-refractivity contribution in [2.45, 2.75) is 33.8 Å². The second-order valence-electron chi connectivity index (χ2n) is 3.70. The summed E-state index contributed by atoms with van der Waals surface area (Å²) in [5.41, 5.74) is -0.477. The smallest absolute Gasteiger partial charge is 0.311 e. The van der Waals surface area contributed by atoms with Crippen LogP contribution >= 0.6 is 0 Å². The minimum Gasteiger partial charge on any atom is -0.463 e. The van der Waals surface area contributed by atoms with Gasteiger partial charge in [-0.25, -0.2) is 0 Å². The Hall–Kier alpha value is -0.570. The molecule has 0 saturated carbocycles. The van der Waals surface area contributed by atoms with Gasteiger partial charge in [-0.05, 0) is 27.7 Å². The van der Waals surface area contributed by atoms with Gasteiger partial charge in [0.1, 0.15) is 6.61 Å². The van der Waals surface area contributed by atoms with Gasteiger partial charge in [-0.3, -0.25) is 4.79 Å². The largest absolute Gasteiger partial charge is 0.463 e. The van der Waals surface area contributed by atoms with Gasteiger partial charge in [0.25, 0.3) is 0 Å². The molecule has 0 aromatic heterocycles. The maximum atomic E-state index is 11.0. The predicted molar refractivity (Wildman–Crippen MR) is 42.1 cm³/mol. The summed E-state index contributed by atoms with van der Waals surface area (Å²) in [6, 6.07) is 0. The molecule has 1 N–H and O–H groups in total. The van der Waals surface area contributed by atoms with E-state index in [9.17, 15) is 4.79 Å². The summed E-state index contributed by atoms with van der Waals surface area (Å²) in [6.45, 7) is 6.98. The van der Waals surface area contributed by atoms with Crippen LogP contribution in [0.25, 0.3) is 0 Å². The van der Waals surface area contributed by atoms with Crippen LogP contribution in [0.1, 0.15) is 27.7 Å². The van der Waals surface area contributed by atoms with Gasteiger partial charge in [-0.15, -0.1) is 0 Å². The summed E-state index contributed by atoms with van der Waals surface area (Å²) in [6.07, 6.45) is -0.582. The van der Waals surface area contributed by atoms with Gasteiger partial charge in [0.2, 0.25) is 0 Å². The van der Waals surface area contributed by atoms with Gasteiger partial charge < -0.3 is 9.84 Å².